The second-order valence-electron chi connectivity index (χ2n) is 5.58. The first-order chi connectivity index (χ1) is 8.15. The largest absolute Gasteiger partial charge is 0.486 e. The summed E-state index contributed by atoms with van der Waals surface area (Å²) in [6.07, 6.45) is 13.0. The van der Waals surface area contributed by atoms with Gasteiger partial charge in [-0.05, 0) is 63.6 Å². The lowest BCUT2D eigenvalue weighted by Crippen LogP contribution is -2.60. The van der Waals surface area contributed by atoms with Crippen LogP contribution in [0.5, 0.6) is 0 Å². The molecular formula is C13H23NS3. The van der Waals surface area contributed by atoms with Crippen LogP contribution in [0.4, 0.5) is 0 Å². The van der Waals surface area contributed by atoms with Crippen molar-refractivity contribution >= 4 is 42.0 Å². The molecule has 0 aromatic heterocycles. The molecule has 2 rings (SSSR count). The molecule has 0 amide bonds. The molecule has 0 bridgehead atoms. The van der Waals surface area contributed by atoms with Crippen molar-refractivity contribution in [1.82, 2.24) is 0 Å². The van der Waals surface area contributed by atoms with E-state index in [-0.39, 0.29) is 0 Å². The Morgan fingerprint density at radius 3 is 1.53 bits per heavy atom. The van der Waals surface area contributed by atoms with Gasteiger partial charge in [-0.3, -0.25) is 0 Å². The van der Waals surface area contributed by atoms with Crippen molar-refractivity contribution in [2.45, 2.75) is 76.3 Å². The van der Waals surface area contributed by atoms with E-state index in [0.29, 0.717) is 16.0 Å². The predicted molar refractivity (Wildman–Crippen MR) is 83.0 cm³/mol. The fraction of sp³-hybridized carbons (Fsp3) is 0.923. The van der Waals surface area contributed by atoms with Gasteiger partial charge in [-0.1, -0.05) is 25.5 Å². The van der Waals surface area contributed by atoms with Crippen LogP contribution in [0.3, 0.4) is 0 Å². The van der Waals surface area contributed by atoms with Gasteiger partial charge in [0.05, 0.1) is 12.1 Å². The molecule has 2 saturated carbocycles. The number of rotatable bonds is 2. The van der Waals surface area contributed by atoms with E-state index in [9.17, 15) is 0 Å². The van der Waals surface area contributed by atoms with E-state index >= 15 is 0 Å². The molecule has 98 valence electrons. The highest BCUT2D eigenvalue weighted by atomic mass is 32.1. The molecule has 2 aliphatic carbocycles. The molecule has 0 aromatic carbocycles. The summed E-state index contributed by atoms with van der Waals surface area (Å²) >= 11 is 15.9. The number of quaternary nitrogens is 1. The Bertz CT molecular complexity index is 250. The van der Waals surface area contributed by atoms with Crippen LogP contribution in [0.25, 0.3) is 0 Å². The van der Waals surface area contributed by atoms with E-state index in [4.69, 9.17) is 25.0 Å². The van der Waals surface area contributed by atoms with Crippen LogP contribution in [0.2, 0.25) is 0 Å². The van der Waals surface area contributed by atoms with Gasteiger partial charge in [-0.25, -0.2) is 0 Å². The van der Waals surface area contributed by atoms with E-state index in [1.54, 1.807) is 0 Å². The number of thiocarbonyl (C=S) groups is 1. The van der Waals surface area contributed by atoms with Crippen molar-refractivity contribution in [1.29, 1.82) is 0 Å². The van der Waals surface area contributed by atoms with Crippen molar-refractivity contribution in [2.24, 2.45) is 0 Å². The summed E-state index contributed by atoms with van der Waals surface area (Å²) in [5.41, 5.74) is 0. The van der Waals surface area contributed by atoms with Crippen molar-refractivity contribution in [3.8, 4) is 0 Å². The summed E-state index contributed by atoms with van der Waals surface area (Å²) in [5.74, 6) is 0. The zero-order chi connectivity index (χ0) is 12.3. The zero-order valence-electron chi connectivity index (χ0n) is 10.4. The van der Waals surface area contributed by atoms with Crippen LogP contribution < -0.4 is 0 Å². The number of thiol groups is 1. The first-order valence-corrected chi connectivity index (χ1v) is 8.20. The zero-order valence-corrected chi connectivity index (χ0v) is 13.0. The summed E-state index contributed by atoms with van der Waals surface area (Å²) < 4.78 is 1.32. The smallest absolute Gasteiger partial charge is 0.212 e. The topological polar surface area (TPSA) is 0 Å². The maximum absolute atomic E-state index is 5.99. The summed E-state index contributed by atoms with van der Waals surface area (Å²) in [4.78, 5) is 0. The molecule has 0 radical (unpaired) electrons. The van der Waals surface area contributed by atoms with Gasteiger partial charge in [0.2, 0.25) is 4.32 Å². The highest BCUT2D eigenvalue weighted by Gasteiger charge is 2.38. The van der Waals surface area contributed by atoms with Gasteiger partial charge in [-0.2, -0.15) is 0 Å². The van der Waals surface area contributed by atoms with Crippen molar-refractivity contribution in [3.05, 3.63) is 0 Å². The third kappa shape index (κ3) is 3.02. The second kappa shape index (κ2) is 6.27. The van der Waals surface area contributed by atoms with Gasteiger partial charge in [0.15, 0.2) is 0 Å². The number of hydrogen-bond acceptors (Lipinski definition) is 2. The molecule has 2 fully saturated rings. The Morgan fingerprint density at radius 1 is 0.882 bits per heavy atom. The lowest BCUT2D eigenvalue weighted by molar-refractivity contribution is -0.757. The van der Waals surface area contributed by atoms with Crippen LogP contribution in [0.1, 0.15) is 64.2 Å². The first kappa shape index (κ1) is 14.2. The second-order valence-corrected chi connectivity index (χ2v) is 7.29. The Labute approximate surface area is 122 Å². The van der Waals surface area contributed by atoms with E-state index in [2.05, 4.69) is 12.6 Å². The van der Waals surface area contributed by atoms with E-state index in [1.165, 1.54) is 64.2 Å². The van der Waals surface area contributed by atoms with Gasteiger partial charge in [0, 0.05) is 0 Å². The minimum Gasteiger partial charge on any atom is -0.486 e. The normalized spacial score (nSPS) is 24.8. The third-order valence-electron chi connectivity index (χ3n) is 4.53. The molecule has 0 unspecified atom stereocenters. The van der Waals surface area contributed by atoms with Crippen molar-refractivity contribution < 1.29 is 3.89 Å². The summed E-state index contributed by atoms with van der Waals surface area (Å²) in [6.45, 7) is 0. The van der Waals surface area contributed by atoms with E-state index < -0.39 is 0 Å². The summed E-state index contributed by atoms with van der Waals surface area (Å²) in [6, 6.07) is 1.12. The predicted octanol–water partition coefficient (Wildman–Crippen LogP) is 4.15. The average Bonchev–Trinajstić information content (AvgIpc) is 2.39. The van der Waals surface area contributed by atoms with Crippen molar-refractivity contribution in [2.75, 3.05) is 0 Å². The van der Waals surface area contributed by atoms with E-state index in [0.717, 1.165) is 4.32 Å². The molecule has 1 nitrogen and oxygen atoms in total. The quantitative estimate of drug-likeness (QED) is 0.351. The van der Waals surface area contributed by atoms with Gasteiger partial charge in [0.25, 0.3) is 0 Å². The molecule has 0 spiro atoms. The van der Waals surface area contributed by atoms with Gasteiger partial charge < -0.3 is 16.7 Å². The van der Waals surface area contributed by atoms with Gasteiger partial charge in [0.1, 0.15) is 0 Å². The Morgan fingerprint density at radius 2 is 1.24 bits per heavy atom. The molecule has 0 aliphatic heterocycles. The summed E-state index contributed by atoms with van der Waals surface area (Å²) in [7, 11) is 0. The standard InChI is InChI=1S/C13H23NS3/c15-13(16)14(17,11-7-3-1-4-8-11)12-9-5-2-6-10-12/h11-12H,1-10H2,(H,15,16). The number of nitrogens with zero attached hydrogens (tertiary/aromatic N) is 1. The van der Waals surface area contributed by atoms with Crippen LogP contribution in [-0.2, 0) is 12.8 Å². The Kier molecular flexibility index (Phi) is 5.22. The molecule has 0 heterocycles. The summed E-state index contributed by atoms with van der Waals surface area (Å²) in [5, 5.41) is 0. The number of hydrogen-bond donors (Lipinski definition) is 1. The highest BCUT2D eigenvalue weighted by Crippen LogP contribution is 2.37. The van der Waals surface area contributed by atoms with Crippen molar-refractivity contribution in [3.63, 3.8) is 0 Å². The SMILES string of the molecule is S=C(S)[N+]([S-])(C1CCCCC1)C1CCCCC1. The van der Waals surface area contributed by atoms with Crippen LogP contribution in [-0.4, -0.2) is 20.3 Å². The molecule has 17 heavy (non-hydrogen) atoms. The molecule has 0 saturated heterocycles. The lowest BCUT2D eigenvalue weighted by Gasteiger charge is -2.56. The molecule has 0 aromatic rings. The van der Waals surface area contributed by atoms with Crippen LogP contribution >= 0.6 is 24.8 Å². The molecule has 0 N–H and O–H groups in total. The monoisotopic (exact) mass is 289 g/mol. The average molecular weight is 290 g/mol. The fourth-order valence-corrected chi connectivity index (χ4v) is 4.59. The minimum absolute atomic E-state index is 0.562. The third-order valence-corrected chi connectivity index (χ3v) is 6.20. The minimum atomic E-state index is 0.562. The van der Waals surface area contributed by atoms with Gasteiger partial charge in [-0.15, -0.1) is 0 Å². The molecule has 0 atom stereocenters. The Balaban J connectivity index is 2.14. The Hall–Kier alpha value is 0.750. The highest BCUT2D eigenvalue weighted by molar-refractivity contribution is 8.10. The van der Waals surface area contributed by atoms with E-state index in [1.807, 2.05) is 0 Å². The maximum atomic E-state index is 5.99. The van der Waals surface area contributed by atoms with Crippen LogP contribution in [0.15, 0.2) is 0 Å². The van der Waals surface area contributed by atoms with Crippen LogP contribution in [0, 0.1) is 0 Å². The first-order valence-electron chi connectivity index (χ1n) is 6.98. The maximum Gasteiger partial charge on any atom is 0.212 e. The molecule has 4 heteroatoms. The molecular weight excluding hydrogens is 266 g/mol. The van der Waals surface area contributed by atoms with Gasteiger partial charge >= 0.3 is 0 Å². The lowest BCUT2D eigenvalue weighted by atomic mass is 9.89. The fourth-order valence-electron chi connectivity index (χ4n) is 3.54. The molecule has 2 aliphatic rings.